The normalized spacial score (nSPS) is 16.1. The van der Waals surface area contributed by atoms with E-state index < -0.39 is 10.8 Å². The number of hydrogen-bond acceptors (Lipinski definition) is 5. The molecule has 0 spiro atoms. The maximum Gasteiger partial charge on any atom is 0.312 e. The van der Waals surface area contributed by atoms with Gasteiger partial charge in [0.1, 0.15) is 0 Å². The number of carbonyl (C=O) groups excluding carboxylic acids is 2. The molecule has 0 saturated heterocycles. The summed E-state index contributed by atoms with van der Waals surface area (Å²) in [6.07, 6.45) is 7.27. The summed E-state index contributed by atoms with van der Waals surface area (Å²) in [6, 6.07) is 0. The summed E-state index contributed by atoms with van der Waals surface area (Å²) in [5, 5.41) is 3.41. The van der Waals surface area contributed by atoms with Gasteiger partial charge in [0, 0.05) is 6.54 Å². The third-order valence-corrected chi connectivity index (χ3v) is 6.61. The van der Waals surface area contributed by atoms with E-state index in [0.717, 1.165) is 25.8 Å². The lowest BCUT2D eigenvalue weighted by Crippen LogP contribution is -2.49. The number of methoxy groups -OCH3 is 2. The lowest BCUT2D eigenvalue weighted by molar-refractivity contribution is -0.168. The number of ether oxygens (including phenoxy) is 2. The zero-order valence-electron chi connectivity index (χ0n) is 19.7. The van der Waals surface area contributed by atoms with Crippen LogP contribution in [0.25, 0.3) is 0 Å². The molecule has 0 bridgehead atoms. The van der Waals surface area contributed by atoms with E-state index in [1.165, 1.54) is 33.5 Å². The second-order valence-corrected chi connectivity index (χ2v) is 8.96. The maximum absolute atomic E-state index is 12.8. The molecule has 0 amide bonds. The SMILES string of the molecule is CCCCCCNCC(CC(C)(C)C(C)(C(=O)OC)C(C)CCC)C(=O)OC. The highest BCUT2D eigenvalue weighted by Gasteiger charge is 2.52. The summed E-state index contributed by atoms with van der Waals surface area (Å²) >= 11 is 0. The van der Waals surface area contributed by atoms with Gasteiger partial charge in [0.25, 0.3) is 0 Å². The van der Waals surface area contributed by atoms with Crippen LogP contribution in [0.4, 0.5) is 0 Å². The summed E-state index contributed by atoms with van der Waals surface area (Å²) in [7, 11) is 2.88. The Morgan fingerprint density at radius 1 is 0.964 bits per heavy atom. The molecule has 0 heterocycles. The van der Waals surface area contributed by atoms with Gasteiger partial charge in [-0.25, -0.2) is 0 Å². The van der Waals surface area contributed by atoms with Crippen LogP contribution in [0.5, 0.6) is 0 Å². The second-order valence-electron chi connectivity index (χ2n) is 8.96. The van der Waals surface area contributed by atoms with Gasteiger partial charge >= 0.3 is 11.9 Å². The summed E-state index contributed by atoms with van der Waals surface area (Å²) in [4.78, 5) is 25.3. The molecule has 0 aromatic rings. The van der Waals surface area contributed by atoms with Crippen molar-refractivity contribution in [2.24, 2.45) is 22.7 Å². The van der Waals surface area contributed by atoms with Crippen LogP contribution in [0.2, 0.25) is 0 Å². The minimum Gasteiger partial charge on any atom is -0.469 e. The molecule has 0 fully saturated rings. The molecule has 166 valence electrons. The van der Waals surface area contributed by atoms with Gasteiger partial charge < -0.3 is 14.8 Å². The van der Waals surface area contributed by atoms with Gasteiger partial charge in [-0.3, -0.25) is 9.59 Å². The predicted molar refractivity (Wildman–Crippen MR) is 115 cm³/mol. The van der Waals surface area contributed by atoms with E-state index in [-0.39, 0.29) is 23.8 Å². The van der Waals surface area contributed by atoms with Crippen LogP contribution >= 0.6 is 0 Å². The summed E-state index contributed by atoms with van der Waals surface area (Å²) < 4.78 is 10.3. The second kappa shape index (κ2) is 13.2. The number of nitrogens with one attached hydrogen (secondary N) is 1. The Bertz CT molecular complexity index is 464. The topological polar surface area (TPSA) is 64.6 Å². The molecular weight excluding hydrogens is 354 g/mol. The van der Waals surface area contributed by atoms with Crippen molar-refractivity contribution in [1.29, 1.82) is 0 Å². The van der Waals surface area contributed by atoms with Crippen LogP contribution in [-0.4, -0.2) is 39.2 Å². The fraction of sp³-hybridized carbons (Fsp3) is 0.913. The third-order valence-electron chi connectivity index (χ3n) is 6.61. The first kappa shape index (κ1) is 26.9. The lowest BCUT2D eigenvalue weighted by Gasteiger charge is -2.47. The Labute approximate surface area is 173 Å². The number of hydrogen-bond donors (Lipinski definition) is 1. The van der Waals surface area contributed by atoms with Gasteiger partial charge in [0.2, 0.25) is 0 Å². The van der Waals surface area contributed by atoms with E-state index in [9.17, 15) is 9.59 Å². The van der Waals surface area contributed by atoms with Crippen LogP contribution in [0.1, 0.15) is 86.5 Å². The Morgan fingerprint density at radius 2 is 1.61 bits per heavy atom. The smallest absolute Gasteiger partial charge is 0.312 e. The summed E-state index contributed by atoms with van der Waals surface area (Å²) in [6.45, 7) is 14.0. The Kier molecular flexibility index (Phi) is 12.7. The molecule has 0 aromatic carbocycles. The molecule has 28 heavy (non-hydrogen) atoms. The van der Waals surface area contributed by atoms with Crippen LogP contribution in [0, 0.1) is 22.7 Å². The van der Waals surface area contributed by atoms with Gasteiger partial charge in [0.05, 0.1) is 25.6 Å². The Balaban J connectivity index is 5.31. The molecule has 0 aliphatic carbocycles. The fourth-order valence-electron chi connectivity index (χ4n) is 4.26. The fourth-order valence-corrected chi connectivity index (χ4v) is 4.26. The van der Waals surface area contributed by atoms with Gasteiger partial charge in [-0.15, -0.1) is 0 Å². The van der Waals surface area contributed by atoms with E-state index in [4.69, 9.17) is 9.47 Å². The van der Waals surface area contributed by atoms with E-state index in [1.807, 2.05) is 6.92 Å². The number of unbranched alkanes of at least 4 members (excludes halogenated alkanes) is 3. The molecule has 0 aliphatic heterocycles. The molecule has 5 heteroatoms. The zero-order chi connectivity index (χ0) is 21.8. The molecule has 3 unspecified atom stereocenters. The maximum atomic E-state index is 12.8. The molecule has 5 nitrogen and oxygen atoms in total. The van der Waals surface area contributed by atoms with Gasteiger partial charge in [-0.1, -0.05) is 60.3 Å². The van der Waals surface area contributed by atoms with Crippen molar-refractivity contribution in [3.63, 3.8) is 0 Å². The van der Waals surface area contributed by atoms with Crippen molar-refractivity contribution >= 4 is 11.9 Å². The van der Waals surface area contributed by atoms with Gasteiger partial charge in [-0.2, -0.15) is 0 Å². The molecule has 0 saturated carbocycles. The van der Waals surface area contributed by atoms with Crippen LogP contribution < -0.4 is 5.32 Å². The minimum absolute atomic E-state index is 0.153. The molecule has 0 rings (SSSR count). The quantitative estimate of drug-likeness (QED) is 0.311. The van der Waals surface area contributed by atoms with Crippen molar-refractivity contribution in [1.82, 2.24) is 5.32 Å². The van der Waals surface area contributed by atoms with Crippen molar-refractivity contribution in [3.05, 3.63) is 0 Å². The van der Waals surface area contributed by atoms with Crippen molar-refractivity contribution in [3.8, 4) is 0 Å². The Hall–Kier alpha value is -1.10. The monoisotopic (exact) mass is 399 g/mol. The first-order chi connectivity index (χ1) is 13.1. The van der Waals surface area contributed by atoms with Crippen LogP contribution in [0.15, 0.2) is 0 Å². The molecule has 0 radical (unpaired) electrons. The first-order valence-corrected chi connectivity index (χ1v) is 11.0. The van der Waals surface area contributed by atoms with Gasteiger partial charge in [-0.05, 0) is 44.1 Å². The van der Waals surface area contributed by atoms with Crippen molar-refractivity contribution in [2.45, 2.75) is 86.5 Å². The molecule has 1 N–H and O–H groups in total. The zero-order valence-corrected chi connectivity index (χ0v) is 19.7. The highest BCUT2D eigenvalue weighted by Crippen LogP contribution is 2.50. The van der Waals surface area contributed by atoms with E-state index in [1.54, 1.807) is 0 Å². The average Bonchev–Trinajstić information content (AvgIpc) is 2.67. The van der Waals surface area contributed by atoms with Crippen LogP contribution in [-0.2, 0) is 19.1 Å². The highest BCUT2D eigenvalue weighted by atomic mass is 16.5. The van der Waals surface area contributed by atoms with Gasteiger partial charge in [0.15, 0.2) is 0 Å². The summed E-state index contributed by atoms with van der Waals surface area (Å²) in [5.74, 6) is -0.552. The van der Waals surface area contributed by atoms with Crippen LogP contribution in [0.3, 0.4) is 0 Å². The molecule has 0 aliphatic rings. The summed E-state index contributed by atoms with van der Waals surface area (Å²) in [5.41, 5.74) is -1.09. The predicted octanol–water partition coefficient (Wildman–Crippen LogP) is 4.98. The first-order valence-electron chi connectivity index (χ1n) is 11.0. The lowest BCUT2D eigenvalue weighted by atomic mass is 9.56. The minimum atomic E-state index is -0.675. The Morgan fingerprint density at radius 3 is 2.11 bits per heavy atom. The van der Waals surface area contributed by atoms with E-state index in [2.05, 4.69) is 39.9 Å². The standard InChI is InChI=1S/C23H45NO4/c1-9-11-12-13-15-24-17-19(20(25)27-7)16-22(4,5)23(6,21(26)28-8)18(3)14-10-2/h18-19,24H,9-17H2,1-8H3. The van der Waals surface area contributed by atoms with E-state index in [0.29, 0.717) is 13.0 Å². The number of esters is 2. The number of carbonyl (C=O) groups is 2. The van der Waals surface area contributed by atoms with E-state index >= 15 is 0 Å². The average molecular weight is 400 g/mol. The largest absolute Gasteiger partial charge is 0.469 e. The number of rotatable bonds is 15. The highest BCUT2D eigenvalue weighted by molar-refractivity contribution is 5.78. The molecular formula is C23H45NO4. The van der Waals surface area contributed by atoms with Crippen molar-refractivity contribution < 1.29 is 19.1 Å². The van der Waals surface area contributed by atoms with Crippen molar-refractivity contribution in [2.75, 3.05) is 27.3 Å². The molecule has 3 atom stereocenters. The molecule has 0 aromatic heterocycles. The third kappa shape index (κ3) is 7.38.